The molecule has 0 atom stereocenters. The summed E-state index contributed by atoms with van der Waals surface area (Å²) in [6.07, 6.45) is 1.61. The fourth-order valence-electron chi connectivity index (χ4n) is 1.11. The van der Waals surface area contributed by atoms with Gasteiger partial charge in [-0.15, -0.1) is 0 Å². The Balaban J connectivity index is 2.84. The van der Waals surface area contributed by atoms with E-state index in [9.17, 15) is 4.79 Å². The number of benzene rings is 1. The van der Waals surface area contributed by atoms with Crippen LogP contribution in [0.2, 0.25) is 5.02 Å². The van der Waals surface area contributed by atoms with Gasteiger partial charge in [-0.3, -0.25) is 0 Å². The molecule has 13 heavy (non-hydrogen) atoms. The van der Waals surface area contributed by atoms with Gasteiger partial charge in [0.05, 0.1) is 10.3 Å². The van der Waals surface area contributed by atoms with E-state index in [1.165, 1.54) is 6.07 Å². The third-order valence-corrected chi connectivity index (χ3v) is 2.72. The normalized spacial score (nSPS) is 10.5. The molecule has 1 N–H and O–H groups in total. The van der Waals surface area contributed by atoms with E-state index in [1.54, 1.807) is 12.3 Å². The van der Waals surface area contributed by atoms with E-state index >= 15 is 0 Å². The molecule has 0 spiro atoms. The Morgan fingerprint density at radius 3 is 3.00 bits per heavy atom. The van der Waals surface area contributed by atoms with E-state index in [4.69, 9.17) is 16.7 Å². The Bertz CT molecular complexity index is 480. The quantitative estimate of drug-likeness (QED) is 0.792. The molecule has 0 saturated heterocycles. The van der Waals surface area contributed by atoms with Crippen LogP contribution in [0.25, 0.3) is 10.1 Å². The number of aromatic carboxylic acids is 1. The number of carboxylic acids is 1. The van der Waals surface area contributed by atoms with Gasteiger partial charge in [-0.1, -0.05) is 11.6 Å². The fourth-order valence-corrected chi connectivity index (χ4v) is 2.07. The van der Waals surface area contributed by atoms with Crippen molar-refractivity contribution in [1.29, 1.82) is 0 Å². The topological polar surface area (TPSA) is 50.2 Å². The zero-order chi connectivity index (χ0) is 9.42. The van der Waals surface area contributed by atoms with Gasteiger partial charge in [0.2, 0.25) is 0 Å². The van der Waals surface area contributed by atoms with Crippen molar-refractivity contribution in [3.05, 3.63) is 28.9 Å². The highest BCUT2D eigenvalue weighted by atomic mass is 35.5. The van der Waals surface area contributed by atoms with E-state index in [0.29, 0.717) is 9.72 Å². The van der Waals surface area contributed by atoms with Crippen molar-refractivity contribution in [2.24, 2.45) is 0 Å². The molecule has 0 aliphatic carbocycles. The third kappa shape index (κ3) is 1.38. The lowest BCUT2D eigenvalue weighted by Gasteiger charge is -1.96. The summed E-state index contributed by atoms with van der Waals surface area (Å²) in [5.74, 6) is -0.975. The van der Waals surface area contributed by atoms with Crippen LogP contribution in [0.3, 0.4) is 0 Å². The SMILES string of the molecule is O=C(O)c1cc(Cl)cc2cnsc12. The lowest BCUT2D eigenvalue weighted by atomic mass is 10.2. The number of carboxylic acid groups (broad SMARTS) is 1. The number of aromatic nitrogens is 1. The first-order chi connectivity index (χ1) is 6.18. The van der Waals surface area contributed by atoms with Gasteiger partial charge in [-0.2, -0.15) is 4.37 Å². The van der Waals surface area contributed by atoms with Gasteiger partial charge < -0.3 is 5.11 Å². The summed E-state index contributed by atoms with van der Waals surface area (Å²) in [5, 5.41) is 10.0. The van der Waals surface area contributed by atoms with Gasteiger partial charge in [0.1, 0.15) is 0 Å². The highest BCUT2D eigenvalue weighted by Gasteiger charge is 2.11. The van der Waals surface area contributed by atoms with E-state index in [0.717, 1.165) is 16.9 Å². The third-order valence-electron chi connectivity index (χ3n) is 1.65. The van der Waals surface area contributed by atoms with Gasteiger partial charge in [-0.25, -0.2) is 4.79 Å². The van der Waals surface area contributed by atoms with Crippen LogP contribution in [0, 0.1) is 0 Å². The molecular formula is C8H4ClNO2S. The first-order valence-corrected chi connectivity index (χ1v) is 4.61. The van der Waals surface area contributed by atoms with E-state index in [-0.39, 0.29) is 5.56 Å². The Labute approximate surface area is 82.7 Å². The van der Waals surface area contributed by atoms with Crippen molar-refractivity contribution < 1.29 is 9.90 Å². The maximum Gasteiger partial charge on any atom is 0.337 e. The number of rotatable bonds is 1. The van der Waals surface area contributed by atoms with Gasteiger partial charge in [0.25, 0.3) is 0 Å². The Morgan fingerprint density at radius 2 is 2.31 bits per heavy atom. The summed E-state index contributed by atoms with van der Waals surface area (Å²) in [6, 6.07) is 3.14. The molecule has 66 valence electrons. The molecule has 3 nitrogen and oxygen atoms in total. The number of hydrogen-bond acceptors (Lipinski definition) is 3. The highest BCUT2D eigenvalue weighted by Crippen LogP contribution is 2.26. The van der Waals surface area contributed by atoms with Crippen LogP contribution in [0.1, 0.15) is 10.4 Å². The minimum absolute atomic E-state index is 0.213. The average Bonchev–Trinajstić information content (AvgIpc) is 2.49. The van der Waals surface area contributed by atoms with Crippen LogP contribution < -0.4 is 0 Å². The number of carbonyl (C=O) groups is 1. The van der Waals surface area contributed by atoms with Gasteiger partial charge in [0, 0.05) is 16.6 Å². The number of halogens is 1. The molecule has 0 aliphatic rings. The molecule has 0 bridgehead atoms. The summed E-state index contributed by atoms with van der Waals surface area (Å²) in [5.41, 5.74) is 0.213. The lowest BCUT2D eigenvalue weighted by molar-refractivity contribution is 0.0699. The molecule has 2 aromatic rings. The Kier molecular flexibility index (Phi) is 1.94. The molecule has 0 fully saturated rings. The molecule has 1 heterocycles. The monoisotopic (exact) mass is 213 g/mol. The number of nitrogens with zero attached hydrogens (tertiary/aromatic N) is 1. The Morgan fingerprint density at radius 1 is 1.54 bits per heavy atom. The second kappa shape index (κ2) is 2.97. The minimum atomic E-state index is -0.975. The van der Waals surface area contributed by atoms with Crippen molar-refractivity contribution in [2.45, 2.75) is 0 Å². The average molecular weight is 214 g/mol. The molecule has 0 aliphatic heterocycles. The molecule has 2 rings (SSSR count). The minimum Gasteiger partial charge on any atom is -0.478 e. The van der Waals surface area contributed by atoms with E-state index < -0.39 is 5.97 Å². The largest absolute Gasteiger partial charge is 0.478 e. The molecule has 5 heteroatoms. The van der Waals surface area contributed by atoms with Gasteiger partial charge in [-0.05, 0) is 23.7 Å². The second-order valence-electron chi connectivity index (χ2n) is 2.50. The zero-order valence-electron chi connectivity index (χ0n) is 6.32. The number of hydrogen-bond donors (Lipinski definition) is 1. The first-order valence-electron chi connectivity index (χ1n) is 3.45. The predicted octanol–water partition coefficient (Wildman–Crippen LogP) is 2.65. The lowest BCUT2D eigenvalue weighted by Crippen LogP contribution is -1.95. The standard InChI is InChI=1S/C8H4ClNO2S/c9-5-1-4-3-10-13-7(4)6(2-5)8(11)12/h1-3H,(H,11,12). The van der Waals surface area contributed by atoms with Crippen LogP contribution in [0.5, 0.6) is 0 Å². The molecule has 1 aromatic carbocycles. The summed E-state index contributed by atoms with van der Waals surface area (Å²) in [7, 11) is 0. The van der Waals surface area contributed by atoms with Crippen molar-refractivity contribution in [2.75, 3.05) is 0 Å². The summed E-state index contributed by atoms with van der Waals surface area (Å²) in [6.45, 7) is 0. The zero-order valence-corrected chi connectivity index (χ0v) is 7.89. The summed E-state index contributed by atoms with van der Waals surface area (Å²) < 4.78 is 4.57. The Hall–Kier alpha value is -1.13. The van der Waals surface area contributed by atoms with Crippen LogP contribution in [-0.4, -0.2) is 15.4 Å². The summed E-state index contributed by atoms with van der Waals surface area (Å²) in [4.78, 5) is 10.8. The van der Waals surface area contributed by atoms with Crippen molar-refractivity contribution in [1.82, 2.24) is 4.37 Å². The highest BCUT2D eigenvalue weighted by molar-refractivity contribution is 7.13. The molecule has 0 saturated carbocycles. The van der Waals surface area contributed by atoms with Gasteiger partial charge in [0.15, 0.2) is 0 Å². The first kappa shape index (κ1) is 8.47. The molecule has 0 amide bonds. The second-order valence-corrected chi connectivity index (χ2v) is 3.74. The van der Waals surface area contributed by atoms with E-state index in [1.807, 2.05) is 0 Å². The van der Waals surface area contributed by atoms with Crippen molar-refractivity contribution >= 4 is 39.2 Å². The van der Waals surface area contributed by atoms with Crippen molar-refractivity contribution in [3.8, 4) is 0 Å². The van der Waals surface area contributed by atoms with Gasteiger partial charge >= 0.3 is 5.97 Å². The van der Waals surface area contributed by atoms with E-state index in [2.05, 4.69) is 4.37 Å². The maximum atomic E-state index is 10.8. The maximum absolute atomic E-state index is 10.8. The molecular weight excluding hydrogens is 210 g/mol. The predicted molar refractivity (Wildman–Crippen MR) is 51.6 cm³/mol. The summed E-state index contributed by atoms with van der Waals surface area (Å²) >= 11 is 6.90. The fraction of sp³-hybridized carbons (Fsp3) is 0. The molecule has 0 unspecified atom stereocenters. The van der Waals surface area contributed by atoms with Crippen LogP contribution in [0.15, 0.2) is 18.3 Å². The van der Waals surface area contributed by atoms with Crippen LogP contribution >= 0.6 is 23.1 Å². The molecule has 0 radical (unpaired) electrons. The number of fused-ring (bicyclic) bond motifs is 1. The van der Waals surface area contributed by atoms with Crippen molar-refractivity contribution in [3.63, 3.8) is 0 Å². The van der Waals surface area contributed by atoms with Crippen LogP contribution in [0.4, 0.5) is 0 Å². The molecule has 1 aromatic heterocycles. The smallest absolute Gasteiger partial charge is 0.337 e. The van der Waals surface area contributed by atoms with Crippen LogP contribution in [-0.2, 0) is 0 Å².